The topological polar surface area (TPSA) is 61.9 Å². The van der Waals surface area contributed by atoms with Crippen molar-refractivity contribution in [2.45, 2.75) is 13.5 Å². The highest BCUT2D eigenvalue weighted by Gasteiger charge is 2.25. The molecule has 2 rings (SSSR count). The first-order valence-corrected chi connectivity index (χ1v) is 5.77. The number of benzene rings is 1. The van der Waals surface area contributed by atoms with E-state index in [0.717, 1.165) is 4.90 Å². The van der Waals surface area contributed by atoms with E-state index in [1.807, 2.05) is 0 Å². The minimum Gasteiger partial charge on any atom is -0.334 e. The molecule has 0 aliphatic rings. The predicted octanol–water partition coefficient (Wildman–Crippen LogP) is 1.94. The number of nitrogens with zero attached hydrogens (tertiary/aromatic N) is 3. The third-order valence-corrected chi connectivity index (χ3v) is 2.70. The number of rotatable bonds is 3. The predicted molar refractivity (Wildman–Crippen MR) is 63.2 cm³/mol. The maximum atomic E-state index is 13.5. The zero-order valence-electron chi connectivity index (χ0n) is 11.0. The fourth-order valence-electron chi connectivity index (χ4n) is 1.68. The van der Waals surface area contributed by atoms with Crippen molar-refractivity contribution >= 4 is 5.91 Å². The molecule has 2 aromatic rings. The van der Waals surface area contributed by atoms with Crippen LogP contribution in [0.15, 0.2) is 6.07 Å². The van der Waals surface area contributed by atoms with E-state index in [2.05, 4.69) is 15.2 Å². The van der Waals surface area contributed by atoms with Crippen LogP contribution in [-0.2, 0) is 6.54 Å². The van der Waals surface area contributed by atoms with E-state index in [1.54, 1.807) is 6.92 Å². The molecular formula is C12H10F4N4O. The van der Waals surface area contributed by atoms with E-state index < -0.39 is 34.7 Å². The Labute approximate surface area is 116 Å². The summed E-state index contributed by atoms with van der Waals surface area (Å²) < 4.78 is 52.6. The Morgan fingerprint density at radius 3 is 2.48 bits per heavy atom. The van der Waals surface area contributed by atoms with E-state index in [-0.39, 0.29) is 12.4 Å². The molecule has 0 fully saturated rings. The minimum atomic E-state index is -2.03. The largest absolute Gasteiger partial charge is 0.334 e. The molecule has 0 saturated carbocycles. The number of carbonyl (C=O) groups is 1. The second-order valence-electron chi connectivity index (χ2n) is 4.35. The van der Waals surface area contributed by atoms with Gasteiger partial charge in [-0.25, -0.2) is 22.5 Å². The molecule has 0 aliphatic heterocycles. The normalized spacial score (nSPS) is 10.8. The van der Waals surface area contributed by atoms with Gasteiger partial charge < -0.3 is 4.90 Å². The van der Waals surface area contributed by atoms with Gasteiger partial charge in [0.25, 0.3) is 5.91 Å². The zero-order chi connectivity index (χ0) is 15.7. The highest BCUT2D eigenvalue weighted by atomic mass is 19.2. The summed E-state index contributed by atoms with van der Waals surface area (Å²) in [7, 11) is 1.27. The van der Waals surface area contributed by atoms with E-state index in [1.165, 1.54) is 7.05 Å². The Morgan fingerprint density at radius 2 is 1.90 bits per heavy atom. The molecule has 0 spiro atoms. The lowest BCUT2D eigenvalue weighted by Crippen LogP contribution is -2.28. The lowest BCUT2D eigenvalue weighted by atomic mass is 10.1. The van der Waals surface area contributed by atoms with Crippen LogP contribution in [0.1, 0.15) is 22.0 Å². The van der Waals surface area contributed by atoms with Crippen LogP contribution in [0.4, 0.5) is 17.6 Å². The van der Waals surface area contributed by atoms with Crippen molar-refractivity contribution in [2.75, 3.05) is 7.05 Å². The van der Waals surface area contributed by atoms with Gasteiger partial charge in [-0.1, -0.05) is 0 Å². The lowest BCUT2D eigenvalue weighted by Gasteiger charge is -2.16. The average molecular weight is 302 g/mol. The molecule has 1 aromatic heterocycles. The van der Waals surface area contributed by atoms with Crippen molar-refractivity contribution in [3.8, 4) is 0 Å². The van der Waals surface area contributed by atoms with Crippen molar-refractivity contribution in [2.24, 2.45) is 0 Å². The molecule has 1 amide bonds. The third kappa shape index (κ3) is 2.86. The highest BCUT2D eigenvalue weighted by Crippen LogP contribution is 2.20. The van der Waals surface area contributed by atoms with Crippen LogP contribution in [0, 0.1) is 30.2 Å². The molecule has 1 aromatic carbocycles. The first kappa shape index (κ1) is 14.9. The SMILES string of the molecule is Cc1nc(CN(C)C(=O)c2cc(F)c(F)c(F)c2F)n[nH]1. The molecule has 0 saturated heterocycles. The summed E-state index contributed by atoms with van der Waals surface area (Å²) in [5.41, 5.74) is -0.902. The molecule has 0 bridgehead atoms. The van der Waals surface area contributed by atoms with Crippen LogP contribution >= 0.6 is 0 Å². The number of H-pyrrole nitrogens is 1. The quantitative estimate of drug-likeness (QED) is 0.535. The van der Waals surface area contributed by atoms with Crippen molar-refractivity contribution in [1.29, 1.82) is 0 Å². The van der Waals surface area contributed by atoms with Gasteiger partial charge in [0.05, 0.1) is 12.1 Å². The van der Waals surface area contributed by atoms with Crippen molar-refractivity contribution in [3.05, 3.63) is 46.5 Å². The summed E-state index contributed by atoms with van der Waals surface area (Å²) in [6.07, 6.45) is 0. The third-order valence-electron chi connectivity index (χ3n) is 2.70. The summed E-state index contributed by atoms with van der Waals surface area (Å²) in [6.45, 7) is 1.53. The average Bonchev–Trinajstić information content (AvgIpc) is 2.85. The molecule has 0 radical (unpaired) electrons. The molecule has 9 heteroatoms. The van der Waals surface area contributed by atoms with Crippen molar-refractivity contribution in [1.82, 2.24) is 20.1 Å². The van der Waals surface area contributed by atoms with Gasteiger partial charge in [0.1, 0.15) is 5.82 Å². The van der Waals surface area contributed by atoms with Crippen LogP contribution in [0.3, 0.4) is 0 Å². The second kappa shape index (κ2) is 5.51. The van der Waals surface area contributed by atoms with Gasteiger partial charge in [-0.2, -0.15) is 5.10 Å². The standard InChI is InChI=1S/C12H10F4N4O/c1-5-17-8(19-18-5)4-20(2)12(21)6-3-7(13)10(15)11(16)9(6)14/h3H,4H2,1-2H3,(H,17,18,19). The first-order chi connectivity index (χ1) is 9.81. The number of aryl methyl sites for hydroxylation is 1. The van der Waals surface area contributed by atoms with Crippen LogP contribution in [0.25, 0.3) is 0 Å². The number of carbonyl (C=O) groups excluding carboxylic acids is 1. The Bertz CT molecular complexity index is 701. The monoisotopic (exact) mass is 302 g/mol. The van der Waals surface area contributed by atoms with Crippen molar-refractivity contribution in [3.63, 3.8) is 0 Å². The van der Waals surface area contributed by atoms with Gasteiger partial charge in [0.15, 0.2) is 29.1 Å². The number of aromatic nitrogens is 3. The molecule has 0 unspecified atom stereocenters. The number of halogens is 4. The van der Waals surface area contributed by atoms with Crippen LogP contribution in [0.2, 0.25) is 0 Å². The number of aromatic amines is 1. The number of hydrogen-bond donors (Lipinski definition) is 1. The highest BCUT2D eigenvalue weighted by molar-refractivity contribution is 5.94. The molecule has 112 valence electrons. The fraction of sp³-hybridized carbons (Fsp3) is 0.250. The van der Waals surface area contributed by atoms with E-state index >= 15 is 0 Å². The van der Waals surface area contributed by atoms with Crippen LogP contribution in [0.5, 0.6) is 0 Å². The molecule has 1 N–H and O–H groups in total. The van der Waals surface area contributed by atoms with Crippen LogP contribution in [-0.4, -0.2) is 33.0 Å². The molecule has 0 aliphatic carbocycles. The number of nitrogens with one attached hydrogen (secondary N) is 1. The zero-order valence-corrected chi connectivity index (χ0v) is 11.0. The van der Waals surface area contributed by atoms with Gasteiger partial charge in [0, 0.05) is 7.05 Å². The molecule has 1 heterocycles. The molecular weight excluding hydrogens is 292 g/mol. The maximum absolute atomic E-state index is 13.5. The van der Waals surface area contributed by atoms with Gasteiger partial charge in [-0.3, -0.25) is 9.89 Å². The number of amides is 1. The lowest BCUT2D eigenvalue weighted by molar-refractivity contribution is 0.0774. The Morgan fingerprint density at radius 1 is 1.24 bits per heavy atom. The van der Waals surface area contributed by atoms with Crippen molar-refractivity contribution < 1.29 is 22.4 Å². The van der Waals surface area contributed by atoms with E-state index in [9.17, 15) is 22.4 Å². The van der Waals surface area contributed by atoms with E-state index in [4.69, 9.17) is 0 Å². The van der Waals surface area contributed by atoms with Gasteiger partial charge >= 0.3 is 0 Å². The summed E-state index contributed by atoms with van der Waals surface area (Å²) in [5.74, 6) is -7.64. The minimum absolute atomic E-state index is 0.108. The smallest absolute Gasteiger partial charge is 0.257 e. The Hall–Kier alpha value is -2.45. The summed E-state index contributed by atoms with van der Waals surface area (Å²) >= 11 is 0. The van der Waals surface area contributed by atoms with Gasteiger partial charge in [-0.05, 0) is 13.0 Å². The van der Waals surface area contributed by atoms with Gasteiger partial charge in [-0.15, -0.1) is 0 Å². The fourth-order valence-corrected chi connectivity index (χ4v) is 1.68. The second-order valence-corrected chi connectivity index (χ2v) is 4.35. The molecule has 21 heavy (non-hydrogen) atoms. The summed E-state index contributed by atoms with van der Waals surface area (Å²) in [6, 6.07) is 0.315. The summed E-state index contributed by atoms with van der Waals surface area (Å²) in [5, 5.41) is 6.32. The molecule has 5 nitrogen and oxygen atoms in total. The maximum Gasteiger partial charge on any atom is 0.257 e. The first-order valence-electron chi connectivity index (χ1n) is 5.77. The van der Waals surface area contributed by atoms with Gasteiger partial charge in [0.2, 0.25) is 0 Å². The Balaban J connectivity index is 2.27. The molecule has 0 atom stereocenters. The number of hydrogen-bond acceptors (Lipinski definition) is 3. The Kier molecular flexibility index (Phi) is 3.92. The summed E-state index contributed by atoms with van der Waals surface area (Å²) in [4.78, 5) is 16.8. The van der Waals surface area contributed by atoms with Crippen LogP contribution < -0.4 is 0 Å². The van der Waals surface area contributed by atoms with E-state index in [0.29, 0.717) is 11.9 Å².